The second-order valence-electron chi connectivity index (χ2n) is 4.47. The van der Waals surface area contributed by atoms with E-state index >= 15 is 0 Å². The third-order valence-electron chi connectivity index (χ3n) is 3.09. The largest absolute Gasteiger partial charge is 0.390 e. The maximum Gasteiger partial charge on any atom is 0.108 e. The van der Waals surface area contributed by atoms with Gasteiger partial charge in [-0.15, -0.1) is 11.3 Å². The number of benzene rings is 1. The minimum absolute atomic E-state index is 0.230. The minimum Gasteiger partial charge on any atom is -0.390 e. The minimum atomic E-state index is -0.468. The van der Waals surface area contributed by atoms with Crippen molar-refractivity contribution in [3.05, 3.63) is 58.3 Å². The Morgan fingerprint density at radius 2 is 1.95 bits per heavy atom. The first-order valence-electron chi connectivity index (χ1n) is 6.68. The van der Waals surface area contributed by atoms with Crippen LogP contribution in [0.1, 0.15) is 29.9 Å². The maximum atomic E-state index is 10.4. The predicted octanol–water partition coefficient (Wildman–Crippen LogP) is 3.82. The molecule has 2 rings (SSSR count). The number of aliphatic hydroxyl groups excluding tert-OH is 1. The van der Waals surface area contributed by atoms with Gasteiger partial charge >= 0.3 is 0 Å². The molecule has 1 aromatic heterocycles. The molecule has 0 spiro atoms. The second-order valence-corrected chi connectivity index (χ2v) is 5.50. The molecule has 1 N–H and O–H groups in total. The maximum absolute atomic E-state index is 10.4. The molecule has 0 bridgehead atoms. The van der Waals surface area contributed by atoms with Gasteiger partial charge in [-0.3, -0.25) is 0 Å². The van der Waals surface area contributed by atoms with E-state index in [0.717, 1.165) is 18.4 Å². The summed E-state index contributed by atoms with van der Waals surface area (Å²) in [5, 5.41) is 12.4. The summed E-state index contributed by atoms with van der Waals surface area (Å²) in [5.74, 6) is 0. The number of ether oxygens (including phenoxy) is 1. The number of hydrogen-bond donors (Lipinski definition) is 1. The van der Waals surface area contributed by atoms with E-state index in [0.29, 0.717) is 6.61 Å². The van der Waals surface area contributed by atoms with Crippen LogP contribution in [0.15, 0.2) is 47.8 Å². The van der Waals surface area contributed by atoms with Crippen LogP contribution in [0.3, 0.4) is 0 Å². The quantitative estimate of drug-likeness (QED) is 0.833. The van der Waals surface area contributed by atoms with Crippen molar-refractivity contribution in [2.45, 2.75) is 32.0 Å². The third-order valence-corrected chi connectivity index (χ3v) is 4.03. The molecule has 2 aromatic rings. The van der Waals surface area contributed by atoms with Gasteiger partial charge in [0, 0.05) is 11.5 Å². The summed E-state index contributed by atoms with van der Waals surface area (Å²) in [6.45, 7) is 2.57. The van der Waals surface area contributed by atoms with Gasteiger partial charge in [-0.2, -0.15) is 0 Å². The fourth-order valence-electron chi connectivity index (χ4n) is 2.15. The summed E-state index contributed by atoms with van der Waals surface area (Å²) >= 11 is 1.73. The molecule has 2 atom stereocenters. The standard InChI is InChI=1S/C16H20O2S/c1-2-18-16(13-7-4-3-5-8-13)15(17)11-10-14-9-6-12-19-14/h3-9,12,15-17H,2,10-11H2,1H3. The van der Waals surface area contributed by atoms with Crippen LogP contribution in [0.25, 0.3) is 0 Å². The fraction of sp³-hybridized carbons (Fsp3) is 0.375. The van der Waals surface area contributed by atoms with Crippen molar-refractivity contribution in [2.24, 2.45) is 0 Å². The summed E-state index contributed by atoms with van der Waals surface area (Å²) in [4.78, 5) is 1.31. The van der Waals surface area contributed by atoms with Gasteiger partial charge in [0.25, 0.3) is 0 Å². The Balaban J connectivity index is 1.98. The van der Waals surface area contributed by atoms with Crippen LogP contribution < -0.4 is 0 Å². The van der Waals surface area contributed by atoms with Gasteiger partial charge in [-0.25, -0.2) is 0 Å². The number of rotatable bonds is 7. The Bertz CT molecular complexity index is 453. The molecule has 102 valence electrons. The fourth-order valence-corrected chi connectivity index (χ4v) is 2.87. The summed E-state index contributed by atoms with van der Waals surface area (Å²) in [6, 6.07) is 14.1. The Hall–Kier alpha value is -1.16. The molecule has 0 aliphatic carbocycles. The van der Waals surface area contributed by atoms with Gasteiger partial charge in [0.2, 0.25) is 0 Å². The van der Waals surface area contributed by atoms with Gasteiger partial charge in [0.15, 0.2) is 0 Å². The first-order chi connectivity index (χ1) is 9.31. The van der Waals surface area contributed by atoms with E-state index in [1.165, 1.54) is 4.88 Å². The Kier molecular flexibility index (Phi) is 5.58. The molecule has 19 heavy (non-hydrogen) atoms. The van der Waals surface area contributed by atoms with E-state index in [9.17, 15) is 5.11 Å². The molecular weight excluding hydrogens is 256 g/mol. The Morgan fingerprint density at radius 1 is 1.16 bits per heavy atom. The van der Waals surface area contributed by atoms with Crippen LogP contribution in [0.4, 0.5) is 0 Å². The van der Waals surface area contributed by atoms with Gasteiger partial charge < -0.3 is 9.84 Å². The number of hydrogen-bond acceptors (Lipinski definition) is 3. The van der Waals surface area contributed by atoms with E-state index in [1.54, 1.807) is 11.3 Å². The molecule has 0 fully saturated rings. The van der Waals surface area contributed by atoms with Crippen LogP contribution in [-0.4, -0.2) is 17.8 Å². The normalized spacial score (nSPS) is 14.2. The molecule has 1 aromatic carbocycles. The van der Waals surface area contributed by atoms with Crippen molar-refractivity contribution in [2.75, 3.05) is 6.61 Å². The lowest BCUT2D eigenvalue weighted by atomic mass is 10.0. The van der Waals surface area contributed by atoms with E-state index < -0.39 is 6.10 Å². The first kappa shape index (κ1) is 14.3. The summed E-state index contributed by atoms with van der Waals surface area (Å²) in [5.41, 5.74) is 1.04. The molecule has 0 saturated heterocycles. The lowest BCUT2D eigenvalue weighted by molar-refractivity contribution is -0.0374. The number of thiophene rings is 1. The van der Waals surface area contributed by atoms with Crippen molar-refractivity contribution in [1.29, 1.82) is 0 Å². The van der Waals surface area contributed by atoms with Crippen LogP contribution in [0.2, 0.25) is 0 Å². The van der Waals surface area contributed by atoms with Crippen molar-refractivity contribution < 1.29 is 9.84 Å². The SMILES string of the molecule is CCOC(c1ccccc1)C(O)CCc1cccs1. The molecule has 2 unspecified atom stereocenters. The third kappa shape index (κ3) is 4.16. The molecule has 0 amide bonds. The first-order valence-corrected chi connectivity index (χ1v) is 7.56. The van der Waals surface area contributed by atoms with Crippen LogP contribution >= 0.6 is 11.3 Å². The average molecular weight is 276 g/mol. The summed E-state index contributed by atoms with van der Waals surface area (Å²) in [7, 11) is 0. The molecule has 0 aliphatic rings. The molecule has 1 heterocycles. The smallest absolute Gasteiger partial charge is 0.108 e. The van der Waals surface area contributed by atoms with Crippen LogP contribution in [-0.2, 0) is 11.2 Å². The van der Waals surface area contributed by atoms with Crippen molar-refractivity contribution >= 4 is 11.3 Å². The van der Waals surface area contributed by atoms with E-state index in [1.807, 2.05) is 43.3 Å². The lowest BCUT2D eigenvalue weighted by Crippen LogP contribution is -2.22. The van der Waals surface area contributed by atoms with Crippen molar-refractivity contribution in [3.63, 3.8) is 0 Å². The Labute approximate surface area is 118 Å². The molecule has 0 aliphatic heterocycles. The van der Waals surface area contributed by atoms with Crippen LogP contribution in [0.5, 0.6) is 0 Å². The molecular formula is C16H20O2S. The van der Waals surface area contributed by atoms with Crippen LogP contribution in [0, 0.1) is 0 Å². The summed E-state index contributed by atoms with van der Waals surface area (Å²) < 4.78 is 5.71. The molecule has 0 saturated carbocycles. The Morgan fingerprint density at radius 3 is 2.58 bits per heavy atom. The highest BCUT2D eigenvalue weighted by atomic mass is 32.1. The zero-order chi connectivity index (χ0) is 13.5. The molecule has 2 nitrogen and oxygen atoms in total. The highest BCUT2D eigenvalue weighted by Gasteiger charge is 2.21. The lowest BCUT2D eigenvalue weighted by Gasteiger charge is -2.23. The average Bonchev–Trinajstić information content (AvgIpc) is 2.96. The monoisotopic (exact) mass is 276 g/mol. The van der Waals surface area contributed by atoms with E-state index in [4.69, 9.17) is 4.74 Å². The zero-order valence-corrected chi connectivity index (χ0v) is 12.0. The number of aliphatic hydroxyl groups is 1. The topological polar surface area (TPSA) is 29.5 Å². The van der Waals surface area contributed by atoms with Crippen molar-refractivity contribution in [3.8, 4) is 0 Å². The predicted molar refractivity (Wildman–Crippen MR) is 79.5 cm³/mol. The summed E-state index contributed by atoms with van der Waals surface area (Å²) in [6.07, 6.45) is 0.922. The van der Waals surface area contributed by atoms with Crippen molar-refractivity contribution in [1.82, 2.24) is 0 Å². The van der Waals surface area contributed by atoms with Gasteiger partial charge in [0.05, 0.1) is 6.10 Å². The molecule has 3 heteroatoms. The zero-order valence-electron chi connectivity index (χ0n) is 11.2. The highest BCUT2D eigenvalue weighted by molar-refractivity contribution is 7.09. The van der Waals surface area contributed by atoms with Gasteiger partial charge in [-0.1, -0.05) is 36.4 Å². The van der Waals surface area contributed by atoms with Gasteiger partial charge in [0.1, 0.15) is 6.10 Å². The second kappa shape index (κ2) is 7.43. The van der Waals surface area contributed by atoms with E-state index in [-0.39, 0.29) is 6.10 Å². The molecule has 0 radical (unpaired) electrons. The van der Waals surface area contributed by atoms with E-state index in [2.05, 4.69) is 11.4 Å². The number of aryl methyl sites for hydroxylation is 1. The van der Waals surface area contributed by atoms with Gasteiger partial charge in [-0.05, 0) is 36.8 Å². The highest BCUT2D eigenvalue weighted by Crippen LogP contribution is 2.25.